The number of hydrogen-bond acceptors (Lipinski definition) is 4. The van der Waals surface area contributed by atoms with E-state index < -0.39 is 21.8 Å². The predicted molar refractivity (Wildman–Crippen MR) is 99.4 cm³/mol. The summed E-state index contributed by atoms with van der Waals surface area (Å²) in [6, 6.07) is 5.92. The lowest BCUT2D eigenvalue weighted by atomic mass is 10.2. The van der Waals surface area contributed by atoms with Crippen LogP contribution in [0, 0.1) is 0 Å². The number of pyridine rings is 1. The Labute approximate surface area is 167 Å². The largest absolute Gasteiger partial charge is 0.416 e. The molecule has 0 N–H and O–H groups in total. The van der Waals surface area contributed by atoms with Gasteiger partial charge >= 0.3 is 6.18 Å². The molecule has 1 fully saturated rings. The van der Waals surface area contributed by atoms with E-state index in [1.807, 2.05) is 4.90 Å². The van der Waals surface area contributed by atoms with Crippen LogP contribution in [0.15, 0.2) is 45.9 Å². The minimum absolute atomic E-state index is 0.118. The summed E-state index contributed by atoms with van der Waals surface area (Å²) in [5.74, 6) is 0.576. The van der Waals surface area contributed by atoms with Gasteiger partial charge in [-0.05, 0) is 46.3 Å². The fourth-order valence-electron chi connectivity index (χ4n) is 2.78. The van der Waals surface area contributed by atoms with Gasteiger partial charge in [0.2, 0.25) is 10.0 Å². The molecule has 1 aliphatic rings. The van der Waals surface area contributed by atoms with Gasteiger partial charge in [-0.15, -0.1) is 0 Å². The van der Waals surface area contributed by atoms with E-state index in [0.29, 0.717) is 23.9 Å². The molecule has 2 aromatic rings. The van der Waals surface area contributed by atoms with Crippen LogP contribution in [0.4, 0.5) is 19.0 Å². The SMILES string of the molecule is O=S(=O)(c1ccc(C(F)(F)F)cc1Br)N1CCN(c2ncccc2Cl)CC1. The van der Waals surface area contributed by atoms with Crippen LogP contribution >= 0.6 is 27.5 Å². The zero-order valence-electron chi connectivity index (χ0n) is 13.7. The van der Waals surface area contributed by atoms with Gasteiger partial charge in [0.15, 0.2) is 0 Å². The van der Waals surface area contributed by atoms with Crippen molar-refractivity contribution in [3.63, 3.8) is 0 Å². The van der Waals surface area contributed by atoms with Gasteiger partial charge < -0.3 is 4.90 Å². The van der Waals surface area contributed by atoms with Gasteiger partial charge in [-0.25, -0.2) is 13.4 Å². The lowest BCUT2D eigenvalue weighted by Gasteiger charge is -2.35. The highest BCUT2D eigenvalue weighted by Gasteiger charge is 2.34. The number of halogens is 5. The minimum Gasteiger partial charge on any atom is -0.353 e. The molecule has 146 valence electrons. The Morgan fingerprint density at radius 3 is 2.33 bits per heavy atom. The first-order valence-corrected chi connectivity index (χ1v) is 10.4. The van der Waals surface area contributed by atoms with Gasteiger partial charge in [0.05, 0.1) is 15.5 Å². The Bertz CT molecular complexity index is 948. The number of piperazine rings is 1. The Hall–Kier alpha value is -1.36. The fraction of sp³-hybridized carbons (Fsp3) is 0.312. The van der Waals surface area contributed by atoms with Gasteiger partial charge in [0.1, 0.15) is 5.82 Å². The van der Waals surface area contributed by atoms with Gasteiger partial charge in [-0.1, -0.05) is 11.6 Å². The van der Waals surface area contributed by atoms with Crippen LogP contribution in [0.3, 0.4) is 0 Å². The standard InChI is InChI=1S/C16H14BrClF3N3O2S/c17-12-10-11(16(19,20)21)3-4-14(12)27(25,26)24-8-6-23(7-9-24)15-13(18)2-1-5-22-15/h1-5,10H,6-9H2. The third-order valence-corrected chi connectivity index (χ3v) is 7.32. The average Bonchev–Trinajstić information content (AvgIpc) is 2.61. The highest BCUT2D eigenvalue weighted by Crippen LogP contribution is 2.34. The monoisotopic (exact) mass is 483 g/mol. The number of sulfonamides is 1. The molecule has 5 nitrogen and oxygen atoms in total. The Balaban J connectivity index is 1.78. The van der Waals surface area contributed by atoms with Crippen molar-refractivity contribution in [2.45, 2.75) is 11.1 Å². The van der Waals surface area contributed by atoms with E-state index in [4.69, 9.17) is 11.6 Å². The van der Waals surface area contributed by atoms with E-state index >= 15 is 0 Å². The molecule has 0 unspecified atom stereocenters. The van der Waals surface area contributed by atoms with E-state index in [2.05, 4.69) is 20.9 Å². The molecular weight excluding hydrogens is 471 g/mol. The molecule has 1 aliphatic heterocycles. The highest BCUT2D eigenvalue weighted by molar-refractivity contribution is 9.10. The average molecular weight is 485 g/mol. The Kier molecular flexibility index (Phi) is 5.72. The number of alkyl halides is 3. The molecular formula is C16H14BrClF3N3O2S. The maximum absolute atomic E-state index is 12.8. The van der Waals surface area contributed by atoms with E-state index in [0.717, 1.165) is 18.2 Å². The van der Waals surface area contributed by atoms with Crippen LogP contribution in [0.25, 0.3) is 0 Å². The van der Waals surface area contributed by atoms with Crippen LogP contribution in [-0.2, 0) is 16.2 Å². The van der Waals surface area contributed by atoms with Gasteiger partial charge in [-0.2, -0.15) is 17.5 Å². The predicted octanol–water partition coefficient (Wildman–Crippen LogP) is 4.03. The van der Waals surface area contributed by atoms with Gasteiger partial charge in [-0.3, -0.25) is 0 Å². The molecule has 11 heteroatoms. The zero-order chi connectivity index (χ0) is 19.8. The van der Waals surface area contributed by atoms with Crippen molar-refractivity contribution in [2.75, 3.05) is 31.1 Å². The summed E-state index contributed by atoms with van der Waals surface area (Å²) >= 11 is 9.07. The Morgan fingerprint density at radius 2 is 1.78 bits per heavy atom. The zero-order valence-corrected chi connectivity index (χ0v) is 16.9. The van der Waals surface area contributed by atoms with Crippen molar-refractivity contribution < 1.29 is 21.6 Å². The summed E-state index contributed by atoms with van der Waals surface area (Å²) in [4.78, 5) is 5.88. The smallest absolute Gasteiger partial charge is 0.353 e. The van der Waals surface area contributed by atoms with E-state index in [1.54, 1.807) is 18.3 Å². The maximum Gasteiger partial charge on any atom is 0.416 e. The van der Waals surface area contributed by atoms with Crippen LogP contribution in [0.5, 0.6) is 0 Å². The third-order valence-electron chi connectivity index (χ3n) is 4.15. The van der Waals surface area contributed by atoms with Crippen molar-refractivity contribution >= 4 is 43.4 Å². The maximum atomic E-state index is 12.8. The summed E-state index contributed by atoms with van der Waals surface area (Å²) in [6.45, 7) is 1.08. The molecule has 0 saturated carbocycles. The molecule has 0 aliphatic carbocycles. The van der Waals surface area contributed by atoms with Gasteiger partial charge in [0.25, 0.3) is 0 Å². The summed E-state index contributed by atoms with van der Waals surface area (Å²) in [5, 5.41) is 0.472. The number of hydrogen-bond donors (Lipinski definition) is 0. The first-order valence-electron chi connectivity index (χ1n) is 7.83. The fourth-order valence-corrected chi connectivity index (χ4v) is 5.48. The molecule has 0 amide bonds. The first kappa shape index (κ1) is 20.4. The second kappa shape index (κ2) is 7.57. The van der Waals surface area contributed by atoms with E-state index in [1.165, 1.54) is 4.31 Å². The molecule has 3 rings (SSSR count). The highest BCUT2D eigenvalue weighted by atomic mass is 79.9. The Morgan fingerprint density at radius 1 is 1.11 bits per heavy atom. The second-order valence-corrected chi connectivity index (χ2v) is 9.01. The normalized spacial score (nSPS) is 16.6. The molecule has 0 spiro atoms. The summed E-state index contributed by atoms with van der Waals surface area (Å²) in [6.07, 6.45) is -2.94. The van der Waals surface area contributed by atoms with Crippen molar-refractivity contribution in [1.82, 2.24) is 9.29 Å². The van der Waals surface area contributed by atoms with E-state index in [-0.39, 0.29) is 22.5 Å². The van der Waals surface area contributed by atoms with Crippen LogP contribution < -0.4 is 4.90 Å². The second-order valence-electron chi connectivity index (χ2n) is 5.84. The molecule has 2 heterocycles. The van der Waals surface area contributed by atoms with Gasteiger partial charge in [0, 0.05) is 36.8 Å². The number of nitrogens with zero attached hydrogens (tertiary/aromatic N) is 3. The van der Waals surface area contributed by atoms with Crippen LogP contribution in [0.2, 0.25) is 5.02 Å². The lowest BCUT2D eigenvalue weighted by molar-refractivity contribution is -0.137. The summed E-state index contributed by atoms with van der Waals surface area (Å²) in [7, 11) is -3.93. The molecule has 27 heavy (non-hydrogen) atoms. The molecule has 1 saturated heterocycles. The van der Waals surface area contributed by atoms with Crippen molar-refractivity contribution in [3.05, 3.63) is 51.6 Å². The molecule has 0 bridgehead atoms. The lowest BCUT2D eigenvalue weighted by Crippen LogP contribution is -2.49. The summed E-state index contributed by atoms with van der Waals surface area (Å²) < 4.78 is 65.1. The topological polar surface area (TPSA) is 53.5 Å². The quantitative estimate of drug-likeness (QED) is 0.660. The van der Waals surface area contributed by atoms with Crippen molar-refractivity contribution in [1.29, 1.82) is 0 Å². The molecule has 1 aromatic heterocycles. The first-order chi connectivity index (χ1) is 12.6. The minimum atomic E-state index is -4.54. The number of rotatable bonds is 3. The van der Waals surface area contributed by atoms with Crippen LogP contribution in [-0.4, -0.2) is 43.9 Å². The number of benzene rings is 1. The number of anilines is 1. The number of aromatic nitrogens is 1. The molecule has 0 radical (unpaired) electrons. The van der Waals surface area contributed by atoms with Crippen LogP contribution in [0.1, 0.15) is 5.56 Å². The molecule has 0 atom stereocenters. The van der Waals surface area contributed by atoms with E-state index in [9.17, 15) is 21.6 Å². The third kappa shape index (κ3) is 4.23. The molecule has 1 aromatic carbocycles. The van der Waals surface area contributed by atoms with Crippen molar-refractivity contribution in [3.8, 4) is 0 Å². The van der Waals surface area contributed by atoms with Crippen molar-refractivity contribution in [2.24, 2.45) is 0 Å². The summed E-state index contributed by atoms with van der Waals surface area (Å²) in [5.41, 5.74) is -0.914.